The van der Waals surface area contributed by atoms with Gasteiger partial charge >= 0.3 is 0 Å². The number of nitrogens with zero attached hydrogens (tertiary/aromatic N) is 2. The first-order valence-corrected chi connectivity index (χ1v) is 6.32. The molecule has 0 saturated carbocycles. The fourth-order valence-electron chi connectivity index (χ4n) is 1.80. The van der Waals surface area contributed by atoms with Gasteiger partial charge in [-0.25, -0.2) is 0 Å². The molecular formula is C13H22N2O3. The number of hydrogen-bond acceptors (Lipinski definition) is 4. The van der Waals surface area contributed by atoms with Crippen molar-refractivity contribution < 1.29 is 14.4 Å². The lowest BCUT2D eigenvalue weighted by atomic mass is 10.1. The summed E-state index contributed by atoms with van der Waals surface area (Å²) in [5.41, 5.74) is 1.68. The summed E-state index contributed by atoms with van der Waals surface area (Å²) in [6.07, 6.45) is 3.01. The van der Waals surface area contributed by atoms with E-state index in [1.54, 1.807) is 11.9 Å². The summed E-state index contributed by atoms with van der Waals surface area (Å²) in [5, 5.41) is 12.5. The van der Waals surface area contributed by atoms with E-state index in [1.165, 1.54) is 0 Å². The average Bonchev–Trinajstić information content (AvgIpc) is 2.66. The number of amides is 1. The van der Waals surface area contributed by atoms with Crippen LogP contribution in [0.2, 0.25) is 0 Å². The standard InChI is InChI=1S/C13H22N2O3/c1-10-12(11(2)18-14-10)9-13(17)15(3)7-5-4-6-8-16/h16H,4-9H2,1-3H3. The van der Waals surface area contributed by atoms with Gasteiger partial charge in [-0.1, -0.05) is 5.16 Å². The molecule has 1 amide bonds. The van der Waals surface area contributed by atoms with Crippen molar-refractivity contribution in [3.05, 3.63) is 17.0 Å². The molecule has 5 nitrogen and oxygen atoms in total. The molecule has 0 bridgehead atoms. The number of likely N-dealkylation sites (N-methyl/N-ethyl adjacent to an activating group) is 1. The molecule has 1 aromatic rings. The van der Waals surface area contributed by atoms with Crippen LogP contribution in [0, 0.1) is 13.8 Å². The first-order valence-electron chi connectivity index (χ1n) is 6.32. The SMILES string of the molecule is Cc1noc(C)c1CC(=O)N(C)CCCCCO. The molecule has 1 rings (SSSR count). The number of aliphatic hydroxyl groups excluding tert-OH is 1. The van der Waals surface area contributed by atoms with E-state index < -0.39 is 0 Å². The lowest BCUT2D eigenvalue weighted by molar-refractivity contribution is -0.129. The zero-order valence-electron chi connectivity index (χ0n) is 11.4. The quantitative estimate of drug-likeness (QED) is 0.748. The van der Waals surface area contributed by atoms with Gasteiger partial charge in [0.05, 0.1) is 12.1 Å². The van der Waals surface area contributed by atoms with Gasteiger partial charge in [0.1, 0.15) is 5.76 Å². The molecule has 1 heterocycles. The minimum absolute atomic E-state index is 0.0772. The third kappa shape index (κ3) is 4.14. The Bertz CT molecular complexity index is 368. The normalized spacial score (nSPS) is 10.7. The van der Waals surface area contributed by atoms with Crippen molar-refractivity contribution in [1.29, 1.82) is 0 Å². The maximum absolute atomic E-state index is 12.0. The van der Waals surface area contributed by atoms with Crippen molar-refractivity contribution in [2.75, 3.05) is 20.2 Å². The first kappa shape index (κ1) is 14.7. The van der Waals surface area contributed by atoms with Crippen LogP contribution < -0.4 is 0 Å². The molecule has 102 valence electrons. The molecule has 1 N–H and O–H groups in total. The second-order valence-electron chi connectivity index (χ2n) is 4.58. The van der Waals surface area contributed by atoms with Crippen LogP contribution in [0.15, 0.2) is 4.52 Å². The summed E-state index contributed by atoms with van der Waals surface area (Å²) in [5.74, 6) is 0.794. The van der Waals surface area contributed by atoms with E-state index in [9.17, 15) is 4.79 Å². The molecule has 0 aliphatic rings. The maximum Gasteiger partial charge on any atom is 0.226 e. The van der Waals surface area contributed by atoms with Gasteiger partial charge in [-0.3, -0.25) is 4.79 Å². The van der Waals surface area contributed by atoms with E-state index in [-0.39, 0.29) is 12.5 Å². The Morgan fingerprint density at radius 3 is 2.61 bits per heavy atom. The summed E-state index contributed by atoms with van der Waals surface area (Å²) < 4.78 is 5.04. The van der Waals surface area contributed by atoms with Gasteiger partial charge in [0.25, 0.3) is 0 Å². The average molecular weight is 254 g/mol. The van der Waals surface area contributed by atoms with Crippen molar-refractivity contribution in [2.24, 2.45) is 0 Å². The Labute approximate surface area is 108 Å². The van der Waals surface area contributed by atoms with Crippen LogP contribution in [0.4, 0.5) is 0 Å². The minimum Gasteiger partial charge on any atom is -0.396 e. The Hall–Kier alpha value is -1.36. The molecule has 0 aliphatic heterocycles. The Morgan fingerprint density at radius 1 is 1.33 bits per heavy atom. The molecule has 5 heteroatoms. The molecule has 0 saturated heterocycles. The highest BCUT2D eigenvalue weighted by Gasteiger charge is 2.15. The highest BCUT2D eigenvalue weighted by molar-refractivity contribution is 5.78. The molecule has 0 aromatic carbocycles. The van der Waals surface area contributed by atoms with Crippen LogP contribution in [0.3, 0.4) is 0 Å². The van der Waals surface area contributed by atoms with Crippen LogP contribution in [-0.2, 0) is 11.2 Å². The Morgan fingerprint density at radius 2 is 2.06 bits per heavy atom. The van der Waals surface area contributed by atoms with Crippen molar-refractivity contribution in [3.63, 3.8) is 0 Å². The van der Waals surface area contributed by atoms with E-state index in [0.29, 0.717) is 6.42 Å². The summed E-state index contributed by atoms with van der Waals surface area (Å²) >= 11 is 0. The molecule has 0 atom stereocenters. The van der Waals surface area contributed by atoms with Gasteiger partial charge in [-0.05, 0) is 33.1 Å². The number of aliphatic hydroxyl groups is 1. The first-order chi connectivity index (χ1) is 8.56. The Kier molecular flexibility index (Phi) is 5.85. The molecule has 1 aromatic heterocycles. The largest absolute Gasteiger partial charge is 0.396 e. The zero-order valence-corrected chi connectivity index (χ0v) is 11.4. The lowest BCUT2D eigenvalue weighted by Gasteiger charge is -2.16. The van der Waals surface area contributed by atoms with E-state index in [0.717, 1.165) is 42.8 Å². The van der Waals surface area contributed by atoms with Crippen molar-refractivity contribution >= 4 is 5.91 Å². The second kappa shape index (κ2) is 7.16. The van der Waals surface area contributed by atoms with E-state index in [1.807, 2.05) is 13.8 Å². The number of hydrogen-bond donors (Lipinski definition) is 1. The number of carbonyl (C=O) groups excluding carboxylic acids is 1. The van der Waals surface area contributed by atoms with E-state index in [2.05, 4.69) is 5.16 Å². The molecule has 0 fully saturated rings. The zero-order chi connectivity index (χ0) is 13.5. The molecule has 0 aliphatic carbocycles. The van der Waals surface area contributed by atoms with Gasteiger partial charge in [0.15, 0.2) is 0 Å². The predicted octanol–water partition coefficient (Wildman–Crippen LogP) is 1.45. The van der Waals surface area contributed by atoms with Gasteiger partial charge in [0, 0.05) is 25.8 Å². The van der Waals surface area contributed by atoms with Crippen LogP contribution in [-0.4, -0.2) is 41.3 Å². The number of unbranched alkanes of at least 4 members (excludes halogenated alkanes) is 2. The second-order valence-corrected chi connectivity index (χ2v) is 4.58. The number of aryl methyl sites for hydroxylation is 2. The van der Waals surface area contributed by atoms with E-state index >= 15 is 0 Å². The summed E-state index contributed by atoms with van der Waals surface area (Å²) in [4.78, 5) is 13.7. The maximum atomic E-state index is 12.0. The smallest absolute Gasteiger partial charge is 0.226 e. The van der Waals surface area contributed by atoms with Gasteiger partial charge < -0.3 is 14.5 Å². The third-order valence-corrected chi connectivity index (χ3v) is 3.09. The Balaban J connectivity index is 2.40. The number of carbonyl (C=O) groups is 1. The van der Waals surface area contributed by atoms with Crippen molar-refractivity contribution in [1.82, 2.24) is 10.1 Å². The van der Waals surface area contributed by atoms with Crippen LogP contribution in [0.25, 0.3) is 0 Å². The van der Waals surface area contributed by atoms with Gasteiger partial charge in [-0.2, -0.15) is 0 Å². The summed E-state index contributed by atoms with van der Waals surface area (Å²) in [7, 11) is 1.81. The van der Waals surface area contributed by atoms with E-state index in [4.69, 9.17) is 9.63 Å². The monoisotopic (exact) mass is 254 g/mol. The number of rotatable bonds is 7. The predicted molar refractivity (Wildman–Crippen MR) is 68.3 cm³/mol. The highest BCUT2D eigenvalue weighted by atomic mass is 16.5. The summed E-state index contributed by atoms with van der Waals surface area (Å²) in [6.45, 7) is 4.61. The summed E-state index contributed by atoms with van der Waals surface area (Å²) in [6, 6.07) is 0. The third-order valence-electron chi connectivity index (χ3n) is 3.09. The molecule has 18 heavy (non-hydrogen) atoms. The molecular weight excluding hydrogens is 232 g/mol. The topological polar surface area (TPSA) is 66.6 Å². The molecule has 0 unspecified atom stereocenters. The van der Waals surface area contributed by atoms with Gasteiger partial charge in [0.2, 0.25) is 5.91 Å². The molecule has 0 radical (unpaired) electrons. The minimum atomic E-state index is 0.0772. The molecule has 0 spiro atoms. The number of aromatic nitrogens is 1. The fraction of sp³-hybridized carbons (Fsp3) is 0.692. The van der Waals surface area contributed by atoms with Crippen molar-refractivity contribution in [3.8, 4) is 0 Å². The van der Waals surface area contributed by atoms with Crippen molar-refractivity contribution in [2.45, 2.75) is 39.5 Å². The van der Waals surface area contributed by atoms with Crippen LogP contribution >= 0.6 is 0 Å². The van der Waals surface area contributed by atoms with Gasteiger partial charge in [-0.15, -0.1) is 0 Å². The fourth-order valence-corrected chi connectivity index (χ4v) is 1.80. The highest BCUT2D eigenvalue weighted by Crippen LogP contribution is 2.13. The van der Waals surface area contributed by atoms with Crippen LogP contribution in [0.5, 0.6) is 0 Å². The van der Waals surface area contributed by atoms with Crippen LogP contribution in [0.1, 0.15) is 36.3 Å². The lowest BCUT2D eigenvalue weighted by Crippen LogP contribution is -2.29.